The number of pyridine rings is 1. The molecule has 150 valence electrons. The summed E-state index contributed by atoms with van der Waals surface area (Å²) in [6.45, 7) is -0.199. The van der Waals surface area contributed by atoms with Crippen LogP contribution in [0.25, 0.3) is 22.4 Å². The van der Waals surface area contributed by atoms with E-state index >= 15 is 0 Å². The normalized spacial score (nSPS) is 15.4. The molecule has 0 atom stereocenters. The molecule has 2 aromatic heterocycles. The van der Waals surface area contributed by atoms with Crippen molar-refractivity contribution in [2.75, 3.05) is 12.1 Å². The molecule has 1 fully saturated rings. The molecular weight excluding hydrogens is 378 g/mol. The fourth-order valence-corrected chi connectivity index (χ4v) is 3.94. The van der Waals surface area contributed by atoms with Crippen LogP contribution in [-0.4, -0.2) is 27.6 Å². The molecule has 0 bridgehead atoms. The number of halogens is 2. The smallest absolute Gasteiger partial charge is 0.333 e. The minimum absolute atomic E-state index is 0.0129. The maximum atomic E-state index is 13.0. The van der Waals surface area contributed by atoms with Crippen molar-refractivity contribution in [3.05, 3.63) is 58.1 Å². The van der Waals surface area contributed by atoms with Crippen molar-refractivity contribution >= 4 is 0 Å². The Morgan fingerprint density at radius 3 is 2.62 bits per heavy atom. The number of fused-ring (bicyclic) bond motifs is 3. The van der Waals surface area contributed by atoms with Crippen molar-refractivity contribution in [2.45, 2.75) is 38.9 Å². The van der Waals surface area contributed by atoms with E-state index in [9.17, 15) is 13.6 Å². The third kappa shape index (κ3) is 2.90. The second-order valence-electron chi connectivity index (χ2n) is 7.58. The second kappa shape index (κ2) is 6.43. The largest absolute Gasteiger partial charge is 0.496 e. The van der Waals surface area contributed by atoms with Crippen molar-refractivity contribution in [1.29, 1.82) is 0 Å². The number of rotatable bonds is 4. The summed E-state index contributed by atoms with van der Waals surface area (Å²) in [7, 11) is 1.55. The first-order valence-electron chi connectivity index (χ1n) is 9.50. The van der Waals surface area contributed by atoms with Crippen molar-refractivity contribution < 1.29 is 13.5 Å². The highest BCUT2D eigenvalue weighted by Gasteiger charge is 2.34. The molecule has 0 N–H and O–H groups in total. The lowest BCUT2D eigenvalue weighted by molar-refractivity contribution is 0.0566. The molecule has 0 spiro atoms. The Labute approximate surface area is 165 Å². The first-order chi connectivity index (χ1) is 14.0. The summed E-state index contributed by atoms with van der Waals surface area (Å²) in [6.07, 6.45) is 6.86. The average molecular weight is 398 g/mol. The quantitative estimate of drug-likeness (QED) is 0.673. The summed E-state index contributed by atoms with van der Waals surface area (Å²) in [5.74, 6) is 0.553. The Kier molecular flexibility index (Phi) is 3.97. The van der Waals surface area contributed by atoms with Crippen molar-refractivity contribution in [3.8, 4) is 28.1 Å². The van der Waals surface area contributed by atoms with Crippen LogP contribution in [0.4, 0.5) is 8.78 Å². The van der Waals surface area contributed by atoms with Gasteiger partial charge in [0.2, 0.25) is 0 Å². The lowest BCUT2D eigenvalue weighted by Crippen LogP contribution is -2.40. The van der Waals surface area contributed by atoms with E-state index in [0.29, 0.717) is 39.7 Å². The molecule has 6 nitrogen and oxygen atoms in total. The molecule has 0 amide bonds. The standard InChI is InChI=1S/C21H20F2N4O2/c1-12-9-27-18(7-19(12)28)16-6-20(29-2)17(14-8-24-25(10-14)21(22)23)5-13(16)11-26(27)15-3-4-15/h5-10,15,21H,3-4,11H2,1-2H3. The van der Waals surface area contributed by atoms with Gasteiger partial charge in [-0.1, -0.05) is 0 Å². The zero-order chi connectivity index (χ0) is 20.3. The van der Waals surface area contributed by atoms with E-state index < -0.39 is 6.55 Å². The molecule has 1 aliphatic heterocycles. The van der Waals surface area contributed by atoms with Crippen LogP contribution in [0, 0.1) is 6.92 Å². The monoisotopic (exact) mass is 398 g/mol. The van der Waals surface area contributed by atoms with Gasteiger partial charge < -0.3 is 9.75 Å². The number of alkyl halides is 2. The lowest BCUT2D eigenvalue weighted by atomic mass is 9.95. The first-order valence-corrected chi connectivity index (χ1v) is 9.50. The predicted molar refractivity (Wildman–Crippen MR) is 105 cm³/mol. The number of nitrogens with zero attached hydrogens (tertiary/aromatic N) is 4. The third-order valence-corrected chi connectivity index (χ3v) is 5.61. The van der Waals surface area contributed by atoms with Gasteiger partial charge >= 0.3 is 6.55 Å². The van der Waals surface area contributed by atoms with Gasteiger partial charge in [-0.05, 0) is 37.5 Å². The number of aromatic nitrogens is 3. The number of hydrogen-bond acceptors (Lipinski definition) is 4. The summed E-state index contributed by atoms with van der Waals surface area (Å²) >= 11 is 0. The number of hydrogen-bond donors (Lipinski definition) is 0. The third-order valence-electron chi connectivity index (χ3n) is 5.61. The zero-order valence-corrected chi connectivity index (χ0v) is 16.1. The molecular formula is C21H20F2N4O2. The summed E-state index contributed by atoms with van der Waals surface area (Å²) in [6, 6.07) is 5.95. The molecule has 3 heterocycles. The SMILES string of the molecule is COc1cc2c(cc1-c1cnn(C(F)F)c1)CN(C1CC1)n1cc(C)c(=O)cc1-2. The molecule has 1 saturated carbocycles. The zero-order valence-electron chi connectivity index (χ0n) is 16.1. The minimum atomic E-state index is -2.69. The van der Waals surface area contributed by atoms with Gasteiger partial charge in [0.05, 0.1) is 25.5 Å². The molecule has 5 rings (SSSR count). The van der Waals surface area contributed by atoms with Gasteiger partial charge in [0.1, 0.15) is 5.75 Å². The highest BCUT2D eigenvalue weighted by molar-refractivity contribution is 5.78. The molecule has 2 aliphatic rings. The van der Waals surface area contributed by atoms with Gasteiger partial charge in [-0.25, -0.2) is 4.68 Å². The van der Waals surface area contributed by atoms with Gasteiger partial charge in [0, 0.05) is 46.8 Å². The Hall–Kier alpha value is -3.16. The van der Waals surface area contributed by atoms with E-state index in [1.807, 2.05) is 25.3 Å². The van der Waals surface area contributed by atoms with Gasteiger partial charge in [0.15, 0.2) is 5.43 Å². The summed E-state index contributed by atoms with van der Waals surface area (Å²) in [5, 5.41) is 6.01. The predicted octanol–water partition coefficient (Wildman–Crippen LogP) is 3.70. The maximum absolute atomic E-state index is 13.0. The lowest BCUT2D eigenvalue weighted by Gasteiger charge is -2.36. The average Bonchev–Trinajstić information content (AvgIpc) is 3.42. The number of ether oxygens (including phenoxy) is 1. The molecule has 1 aliphatic carbocycles. The molecule has 1 aromatic carbocycles. The summed E-state index contributed by atoms with van der Waals surface area (Å²) in [4.78, 5) is 12.4. The van der Waals surface area contributed by atoms with Gasteiger partial charge in [-0.3, -0.25) is 9.47 Å². The molecule has 29 heavy (non-hydrogen) atoms. The number of methoxy groups -OCH3 is 1. The molecule has 0 unspecified atom stereocenters. The molecule has 0 saturated heterocycles. The Bertz CT molecular complexity index is 1160. The van der Waals surface area contributed by atoms with E-state index in [4.69, 9.17) is 4.74 Å². The number of benzene rings is 1. The summed E-state index contributed by atoms with van der Waals surface area (Å²) in [5.41, 5.74) is 4.72. The van der Waals surface area contributed by atoms with Crippen LogP contribution < -0.4 is 15.2 Å². The van der Waals surface area contributed by atoms with E-state index in [1.165, 1.54) is 12.4 Å². The van der Waals surface area contributed by atoms with Crippen LogP contribution in [0.15, 0.2) is 41.6 Å². The molecule has 8 heteroatoms. The van der Waals surface area contributed by atoms with E-state index in [1.54, 1.807) is 13.2 Å². The van der Waals surface area contributed by atoms with Gasteiger partial charge in [0.25, 0.3) is 0 Å². The summed E-state index contributed by atoms with van der Waals surface area (Å²) < 4.78 is 34.2. The van der Waals surface area contributed by atoms with E-state index in [-0.39, 0.29) is 5.43 Å². The first kappa shape index (κ1) is 17.9. The van der Waals surface area contributed by atoms with Gasteiger partial charge in [-0.2, -0.15) is 13.9 Å². The van der Waals surface area contributed by atoms with Crippen LogP contribution in [0.3, 0.4) is 0 Å². The fourth-order valence-electron chi connectivity index (χ4n) is 3.94. The molecule has 0 radical (unpaired) electrons. The highest BCUT2D eigenvalue weighted by Crippen LogP contribution is 2.41. The van der Waals surface area contributed by atoms with E-state index in [0.717, 1.165) is 29.7 Å². The van der Waals surface area contributed by atoms with Crippen molar-refractivity contribution in [3.63, 3.8) is 0 Å². The van der Waals surface area contributed by atoms with Crippen LogP contribution in [0.1, 0.15) is 30.5 Å². The fraction of sp³-hybridized carbons (Fsp3) is 0.333. The van der Waals surface area contributed by atoms with Crippen LogP contribution in [0.5, 0.6) is 5.75 Å². The minimum Gasteiger partial charge on any atom is -0.496 e. The Morgan fingerprint density at radius 2 is 1.97 bits per heavy atom. The topological polar surface area (TPSA) is 52.3 Å². The molecule has 3 aromatic rings. The van der Waals surface area contributed by atoms with Crippen LogP contribution >= 0.6 is 0 Å². The highest BCUT2D eigenvalue weighted by atomic mass is 19.3. The second-order valence-corrected chi connectivity index (χ2v) is 7.58. The Balaban J connectivity index is 1.69. The Morgan fingerprint density at radius 1 is 1.17 bits per heavy atom. The van der Waals surface area contributed by atoms with Crippen LogP contribution in [-0.2, 0) is 6.54 Å². The van der Waals surface area contributed by atoms with Crippen molar-refractivity contribution in [1.82, 2.24) is 14.5 Å². The van der Waals surface area contributed by atoms with Crippen LogP contribution in [0.2, 0.25) is 0 Å². The van der Waals surface area contributed by atoms with Crippen molar-refractivity contribution in [2.24, 2.45) is 0 Å². The maximum Gasteiger partial charge on any atom is 0.333 e. The van der Waals surface area contributed by atoms with Gasteiger partial charge in [-0.15, -0.1) is 0 Å². The number of aryl methyl sites for hydroxylation is 1. The van der Waals surface area contributed by atoms with E-state index in [2.05, 4.69) is 14.8 Å².